The van der Waals surface area contributed by atoms with Gasteiger partial charge in [-0.1, -0.05) is 23.5 Å². The summed E-state index contributed by atoms with van der Waals surface area (Å²) >= 11 is 1.38. The molecule has 0 unspecified atom stereocenters. The van der Waals surface area contributed by atoms with Crippen LogP contribution in [0.15, 0.2) is 48.8 Å². The smallest absolute Gasteiger partial charge is 0.353 e. The van der Waals surface area contributed by atoms with Crippen LogP contribution in [-0.2, 0) is 0 Å². The number of anilines is 4. The van der Waals surface area contributed by atoms with E-state index in [1.165, 1.54) is 17.7 Å². The van der Waals surface area contributed by atoms with Crippen LogP contribution in [-0.4, -0.2) is 26.7 Å². The van der Waals surface area contributed by atoms with Crippen molar-refractivity contribution in [1.82, 2.24) is 15.0 Å². The molecule has 5 rings (SSSR count). The van der Waals surface area contributed by atoms with E-state index in [2.05, 4.69) is 25.6 Å². The average Bonchev–Trinajstić information content (AvgIpc) is 3.33. The lowest BCUT2D eigenvalue weighted by Gasteiger charge is -2.09. The fourth-order valence-corrected chi connectivity index (χ4v) is 3.74. The number of aromatic nitrogens is 3. The van der Waals surface area contributed by atoms with Gasteiger partial charge in [0.2, 0.25) is 18.4 Å². The van der Waals surface area contributed by atoms with Crippen LogP contribution in [0.4, 0.5) is 28.1 Å². The maximum absolute atomic E-state index is 11.8. The van der Waals surface area contributed by atoms with Crippen molar-refractivity contribution in [1.29, 1.82) is 0 Å². The fourth-order valence-electron chi connectivity index (χ4n) is 2.87. The zero-order chi connectivity index (χ0) is 19.8. The quantitative estimate of drug-likeness (QED) is 0.369. The van der Waals surface area contributed by atoms with E-state index in [9.17, 15) is 10.1 Å². The predicted octanol–water partition coefficient (Wildman–Crippen LogP) is 4.21. The van der Waals surface area contributed by atoms with E-state index in [-0.39, 0.29) is 24.1 Å². The maximum atomic E-state index is 11.8. The summed E-state index contributed by atoms with van der Waals surface area (Å²) in [5.74, 6) is 1.27. The molecule has 11 heteroatoms. The minimum absolute atomic E-state index is 0.0484. The lowest BCUT2D eigenvalue weighted by molar-refractivity contribution is -0.383. The molecule has 1 aliphatic rings. The monoisotopic (exact) mass is 408 g/mol. The zero-order valence-corrected chi connectivity index (χ0v) is 15.5. The Bertz CT molecular complexity index is 1210. The van der Waals surface area contributed by atoms with Crippen molar-refractivity contribution in [3.05, 3.63) is 58.9 Å². The van der Waals surface area contributed by atoms with E-state index < -0.39 is 4.92 Å². The van der Waals surface area contributed by atoms with Gasteiger partial charge in [-0.15, -0.1) is 0 Å². The second kappa shape index (κ2) is 6.87. The van der Waals surface area contributed by atoms with E-state index in [0.29, 0.717) is 22.3 Å². The summed E-state index contributed by atoms with van der Waals surface area (Å²) in [4.78, 5) is 23.7. The number of hydrogen-bond donors (Lipinski definition) is 2. The highest BCUT2D eigenvalue weighted by Gasteiger charge is 2.25. The van der Waals surface area contributed by atoms with Crippen molar-refractivity contribution in [2.24, 2.45) is 0 Å². The third-order valence-corrected chi connectivity index (χ3v) is 5.11. The molecule has 0 radical (unpaired) electrons. The Hall–Kier alpha value is -3.99. The van der Waals surface area contributed by atoms with Gasteiger partial charge in [-0.25, -0.2) is 15.0 Å². The molecule has 0 amide bonds. The van der Waals surface area contributed by atoms with Crippen LogP contribution in [0, 0.1) is 10.1 Å². The van der Waals surface area contributed by atoms with Crippen LogP contribution in [0.5, 0.6) is 11.5 Å². The van der Waals surface area contributed by atoms with Gasteiger partial charge in [0.05, 0.1) is 15.1 Å². The molecular weight excluding hydrogens is 396 g/mol. The van der Waals surface area contributed by atoms with Gasteiger partial charge in [0.1, 0.15) is 6.33 Å². The molecule has 0 aliphatic carbocycles. The van der Waals surface area contributed by atoms with Crippen molar-refractivity contribution in [2.75, 3.05) is 17.4 Å². The van der Waals surface area contributed by atoms with Gasteiger partial charge in [-0.05, 0) is 24.3 Å². The number of rotatable bonds is 5. The number of ether oxygens (including phenoxy) is 2. The molecule has 2 aromatic carbocycles. The molecule has 0 spiro atoms. The van der Waals surface area contributed by atoms with Crippen LogP contribution >= 0.6 is 11.3 Å². The third kappa shape index (κ3) is 3.23. The largest absolute Gasteiger partial charge is 0.454 e. The number of benzene rings is 2. The lowest BCUT2D eigenvalue weighted by Crippen LogP contribution is -2.05. The second-order valence-electron chi connectivity index (χ2n) is 5.98. The maximum Gasteiger partial charge on any atom is 0.353 e. The highest BCUT2D eigenvalue weighted by atomic mass is 32.1. The molecule has 2 aromatic heterocycles. The summed E-state index contributed by atoms with van der Waals surface area (Å²) in [7, 11) is 0. The molecule has 0 saturated heterocycles. The van der Waals surface area contributed by atoms with E-state index in [1.807, 2.05) is 24.3 Å². The average molecular weight is 408 g/mol. The minimum Gasteiger partial charge on any atom is -0.454 e. The third-order valence-electron chi connectivity index (χ3n) is 4.16. The van der Waals surface area contributed by atoms with Crippen LogP contribution in [0.25, 0.3) is 10.2 Å². The van der Waals surface area contributed by atoms with Gasteiger partial charge in [-0.2, -0.15) is 0 Å². The Morgan fingerprint density at radius 2 is 1.83 bits per heavy atom. The number of fused-ring (bicyclic) bond motifs is 2. The first kappa shape index (κ1) is 17.1. The summed E-state index contributed by atoms with van der Waals surface area (Å²) in [5, 5.41) is 18.2. The topological polar surface area (TPSA) is 124 Å². The van der Waals surface area contributed by atoms with E-state index >= 15 is 0 Å². The highest BCUT2D eigenvalue weighted by molar-refractivity contribution is 7.22. The van der Waals surface area contributed by atoms with Gasteiger partial charge in [0, 0.05) is 11.8 Å². The van der Waals surface area contributed by atoms with Gasteiger partial charge in [0.25, 0.3) is 0 Å². The molecule has 144 valence electrons. The van der Waals surface area contributed by atoms with Gasteiger partial charge in [-0.3, -0.25) is 10.1 Å². The highest BCUT2D eigenvalue weighted by Crippen LogP contribution is 2.38. The molecule has 10 nitrogen and oxygen atoms in total. The Morgan fingerprint density at radius 1 is 1.03 bits per heavy atom. The number of hydrogen-bond acceptors (Lipinski definition) is 10. The molecule has 2 N–H and O–H groups in total. The van der Waals surface area contributed by atoms with Gasteiger partial charge in [0.15, 0.2) is 16.6 Å². The first-order chi connectivity index (χ1) is 14.2. The van der Waals surface area contributed by atoms with E-state index in [1.54, 1.807) is 18.2 Å². The molecule has 1 aliphatic heterocycles. The normalized spacial score (nSPS) is 12.1. The number of nitrogens with zero attached hydrogens (tertiary/aromatic N) is 4. The summed E-state index contributed by atoms with van der Waals surface area (Å²) in [6.45, 7) is 0.142. The van der Waals surface area contributed by atoms with Crippen LogP contribution in [0.2, 0.25) is 0 Å². The first-order valence-electron chi connectivity index (χ1n) is 8.46. The molecule has 0 bridgehead atoms. The van der Waals surface area contributed by atoms with Gasteiger partial charge < -0.3 is 20.1 Å². The lowest BCUT2D eigenvalue weighted by atomic mass is 10.2. The van der Waals surface area contributed by atoms with Crippen LogP contribution < -0.4 is 20.1 Å². The van der Waals surface area contributed by atoms with E-state index in [4.69, 9.17) is 9.47 Å². The molecular formula is C18H12N6O4S. The van der Waals surface area contributed by atoms with Crippen LogP contribution in [0.1, 0.15) is 0 Å². The molecule has 0 saturated carbocycles. The molecule has 29 heavy (non-hydrogen) atoms. The van der Waals surface area contributed by atoms with Crippen molar-refractivity contribution < 1.29 is 14.4 Å². The second-order valence-corrected chi connectivity index (χ2v) is 7.01. The Morgan fingerprint density at radius 3 is 2.66 bits per heavy atom. The van der Waals surface area contributed by atoms with Crippen molar-refractivity contribution >= 4 is 49.7 Å². The predicted molar refractivity (Wildman–Crippen MR) is 107 cm³/mol. The SMILES string of the molecule is O=[N+]([O-])c1c(Nc2ccc3c(c2)OCO3)ncnc1Nc1nc2ccccc2s1. The molecule has 0 atom stereocenters. The number of thiazole rings is 1. The first-order valence-corrected chi connectivity index (χ1v) is 9.28. The number of nitro groups is 1. The minimum atomic E-state index is -0.537. The molecule has 4 aromatic rings. The van der Waals surface area contributed by atoms with Crippen molar-refractivity contribution in [3.63, 3.8) is 0 Å². The van der Waals surface area contributed by atoms with Crippen molar-refractivity contribution in [2.45, 2.75) is 0 Å². The van der Waals surface area contributed by atoms with Crippen molar-refractivity contribution in [3.8, 4) is 11.5 Å². The van der Waals surface area contributed by atoms with Crippen LogP contribution in [0.3, 0.4) is 0 Å². The molecule has 3 heterocycles. The molecule has 0 fully saturated rings. The fraction of sp³-hybridized carbons (Fsp3) is 0.0556. The number of para-hydroxylation sites is 1. The summed E-state index contributed by atoms with van der Waals surface area (Å²) in [6, 6.07) is 12.7. The Labute approximate surface area is 167 Å². The summed E-state index contributed by atoms with van der Waals surface area (Å²) < 4.78 is 11.6. The zero-order valence-electron chi connectivity index (χ0n) is 14.7. The van der Waals surface area contributed by atoms with E-state index in [0.717, 1.165) is 10.2 Å². The number of nitrogens with one attached hydrogen (secondary N) is 2. The Kier molecular flexibility index (Phi) is 4.06. The van der Waals surface area contributed by atoms with Gasteiger partial charge >= 0.3 is 5.69 Å². The standard InChI is InChI=1S/C18H12N6O4S/c25-24(26)15-16(21-10-5-6-12-13(7-10)28-9-27-12)19-8-20-17(15)23-18-22-11-3-1-2-4-14(11)29-18/h1-8H,9H2,(H2,19,20,21,22,23). The Balaban J connectivity index is 1.49. The summed E-state index contributed by atoms with van der Waals surface area (Å²) in [5.41, 5.74) is 1.09. The summed E-state index contributed by atoms with van der Waals surface area (Å²) in [6.07, 6.45) is 1.25.